The molecule has 3 amide bonds. The summed E-state index contributed by atoms with van der Waals surface area (Å²) < 4.78 is 34.7. The highest BCUT2D eigenvalue weighted by Crippen LogP contribution is 2.43. The highest BCUT2D eigenvalue weighted by molar-refractivity contribution is 6.32. The Labute approximate surface area is 344 Å². The molecule has 0 bridgehead atoms. The van der Waals surface area contributed by atoms with Crippen LogP contribution in [0.5, 0.6) is 0 Å². The summed E-state index contributed by atoms with van der Waals surface area (Å²) in [5, 5.41) is 19.5. The molecule has 3 aromatic carbocycles. The van der Waals surface area contributed by atoms with E-state index in [1.807, 2.05) is 63.2 Å². The lowest BCUT2D eigenvalue weighted by Crippen LogP contribution is -2.47. The van der Waals surface area contributed by atoms with Gasteiger partial charge in [0.1, 0.15) is 24.2 Å². The molecule has 2 saturated carbocycles. The highest BCUT2D eigenvalue weighted by atomic mass is 35.5. The molecule has 3 heterocycles. The second-order valence-electron chi connectivity index (χ2n) is 16.4. The van der Waals surface area contributed by atoms with E-state index in [1.54, 1.807) is 29.2 Å². The van der Waals surface area contributed by atoms with Gasteiger partial charge in [-0.25, -0.2) is 23.2 Å². The van der Waals surface area contributed by atoms with Gasteiger partial charge in [-0.1, -0.05) is 93.0 Å². The van der Waals surface area contributed by atoms with Crippen LogP contribution in [0.2, 0.25) is 5.02 Å². The van der Waals surface area contributed by atoms with Crippen molar-refractivity contribution in [3.8, 4) is 16.9 Å². The predicted molar refractivity (Wildman–Crippen MR) is 213 cm³/mol. The Bertz CT molecular complexity index is 2390. The lowest BCUT2D eigenvalue weighted by Gasteiger charge is -2.35. The molecule has 14 nitrogen and oxygen atoms in total. The van der Waals surface area contributed by atoms with E-state index >= 15 is 4.79 Å². The van der Waals surface area contributed by atoms with Crippen molar-refractivity contribution in [1.82, 2.24) is 45.3 Å². The summed E-state index contributed by atoms with van der Waals surface area (Å²) in [7, 11) is 0. The molecule has 0 unspecified atom stereocenters. The third-order valence-electron chi connectivity index (χ3n) is 10.5. The van der Waals surface area contributed by atoms with Gasteiger partial charge in [0.05, 0.1) is 29.0 Å². The van der Waals surface area contributed by atoms with Crippen LogP contribution in [-0.2, 0) is 26.5 Å². The van der Waals surface area contributed by atoms with Crippen LogP contribution in [0, 0.1) is 11.3 Å². The first-order valence-electron chi connectivity index (χ1n) is 19.5. The zero-order chi connectivity index (χ0) is 41.5. The van der Waals surface area contributed by atoms with Crippen LogP contribution in [0.3, 0.4) is 0 Å². The van der Waals surface area contributed by atoms with Crippen LogP contribution in [0.4, 0.5) is 13.6 Å². The maximum atomic E-state index is 15.6. The van der Waals surface area contributed by atoms with Crippen molar-refractivity contribution in [3.05, 3.63) is 113 Å². The average Bonchev–Trinajstić information content (AvgIpc) is 4.13. The standard InChI is InChI=1S/C42H43ClF2N10O4/c1-41(2,3)23-42(29-14-11-26(12-15-29)32-20-48-55(52-32)30-16-17-30)38(57)53(39(51-42)50-40(58)59-22-25-7-5-4-6-8-25)34(21-46-37(56)27-9-10-27)28-13-18-31(43)33(19-28)54-36(35(44)45)47-24-49-54/h4-8,11-15,18-20,24,27,30,34-35H,9-10,16-17,21-23H2,1-3H3,(H,46,56)(H,50,51,58)/t34-,42-/m1/s1. The van der Waals surface area contributed by atoms with E-state index in [4.69, 9.17) is 16.3 Å². The summed E-state index contributed by atoms with van der Waals surface area (Å²) in [5.41, 5.74) is 1.33. The minimum Gasteiger partial charge on any atom is -0.443 e. The normalized spacial score (nSPS) is 19.3. The van der Waals surface area contributed by atoms with Crippen LogP contribution in [-0.4, -0.2) is 65.1 Å². The molecule has 2 aliphatic carbocycles. The first kappa shape index (κ1) is 39.8. The van der Waals surface area contributed by atoms with Gasteiger partial charge in [-0.3, -0.25) is 14.5 Å². The molecule has 3 fully saturated rings. The number of carbonyl (C=O) groups excluding carboxylic acids is 3. The molecule has 1 aliphatic heterocycles. The molecule has 2 N–H and O–H groups in total. The van der Waals surface area contributed by atoms with Crippen LogP contribution >= 0.6 is 11.6 Å². The molecular formula is C42H43ClF2N10O4. The van der Waals surface area contributed by atoms with Crippen molar-refractivity contribution >= 4 is 35.5 Å². The van der Waals surface area contributed by atoms with Gasteiger partial charge in [0.25, 0.3) is 12.3 Å². The van der Waals surface area contributed by atoms with Crippen LogP contribution < -0.4 is 10.6 Å². The maximum absolute atomic E-state index is 15.6. The number of aromatic nitrogens is 6. The van der Waals surface area contributed by atoms with E-state index in [2.05, 4.69) is 35.9 Å². The Hall–Kier alpha value is -6.03. The molecule has 1 saturated heterocycles. The van der Waals surface area contributed by atoms with Gasteiger partial charge in [-0.15, -0.1) is 4.99 Å². The quantitative estimate of drug-likeness (QED) is 0.123. The van der Waals surface area contributed by atoms with Gasteiger partial charge in [-0.2, -0.15) is 20.1 Å². The van der Waals surface area contributed by atoms with Crippen LogP contribution in [0.25, 0.3) is 16.9 Å². The molecule has 0 radical (unpaired) electrons. The number of alkyl halides is 2. The van der Waals surface area contributed by atoms with E-state index < -0.39 is 41.2 Å². The largest absolute Gasteiger partial charge is 0.443 e. The molecule has 17 heteroatoms. The Balaban J connectivity index is 1.24. The molecule has 306 valence electrons. The van der Waals surface area contributed by atoms with Crippen molar-refractivity contribution < 1.29 is 27.9 Å². The van der Waals surface area contributed by atoms with E-state index in [9.17, 15) is 18.4 Å². The number of aliphatic imine (C=N–C) groups is 1. The molecule has 2 atom stereocenters. The Morgan fingerprint density at radius 3 is 2.46 bits per heavy atom. The average molecular weight is 825 g/mol. The lowest BCUT2D eigenvalue weighted by molar-refractivity contribution is -0.134. The third-order valence-corrected chi connectivity index (χ3v) is 10.8. The van der Waals surface area contributed by atoms with E-state index in [0.717, 1.165) is 47.8 Å². The highest BCUT2D eigenvalue weighted by Gasteiger charge is 2.55. The lowest BCUT2D eigenvalue weighted by atomic mass is 9.75. The number of rotatable bonds is 13. The number of hydrogen-bond acceptors (Lipinski definition) is 8. The number of nitrogens with one attached hydrogen (secondary N) is 2. The van der Waals surface area contributed by atoms with Gasteiger partial charge in [0.2, 0.25) is 11.9 Å². The summed E-state index contributed by atoms with van der Waals surface area (Å²) >= 11 is 6.60. The van der Waals surface area contributed by atoms with Crippen molar-refractivity contribution in [1.29, 1.82) is 0 Å². The summed E-state index contributed by atoms with van der Waals surface area (Å²) in [5.74, 6) is -1.59. The minimum absolute atomic E-state index is 0.0733. The molecule has 2 aromatic heterocycles. The SMILES string of the molecule is CC(C)(C)C[C@]1(c2ccc(-c3cnn(C4CC4)n3)cc2)NC(=NC(=O)OCc2ccccc2)N([C@H](CNC(=O)C2CC2)c2ccc(Cl)c(-n3ncnc3C(F)F)c2)C1=O. The summed E-state index contributed by atoms with van der Waals surface area (Å²) in [6.07, 6.45) is 2.57. The molecule has 5 aromatic rings. The summed E-state index contributed by atoms with van der Waals surface area (Å²) in [6, 6.07) is 20.5. The molecule has 3 aliphatic rings. The van der Waals surface area contributed by atoms with E-state index in [-0.39, 0.29) is 48.1 Å². The molecule has 59 heavy (non-hydrogen) atoms. The zero-order valence-corrected chi connectivity index (χ0v) is 33.4. The zero-order valence-electron chi connectivity index (χ0n) is 32.7. The monoisotopic (exact) mass is 824 g/mol. The first-order valence-corrected chi connectivity index (χ1v) is 19.9. The molecular weight excluding hydrogens is 782 g/mol. The summed E-state index contributed by atoms with van der Waals surface area (Å²) in [6.45, 7) is 5.80. The molecule has 8 rings (SSSR count). The number of guanidine groups is 1. The van der Waals surface area contributed by atoms with Crippen molar-refractivity contribution in [2.75, 3.05) is 6.54 Å². The van der Waals surface area contributed by atoms with Crippen LogP contribution in [0.1, 0.15) is 93.9 Å². The predicted octanol–water partition coefficient (Wildman–Crippen LogP) is 7.48. The van der Waals surface area contributed by atoms with Gasteiger partial charge in [-0.05, 0) is 66.3 Å². The van der Waals surface area contributed by atoms with Crippen LogP contribution in [0.15, 0.2) is 90.3 Å². The number of benzene rings is 3. The number of nitrogens with zero attached hydrogens (tertiary/aromatic N) is 8. The second-order valence-corrected chi connectivity index (χ2v) is 16.8. The smallest absolute Gasteiger partial charge is 0.437 e. The van der Waals surface area contributed by atoms with Gasteiger partial charge in [0.15, 0.2) is 5.82 Å². The number of ether oxygens (including phenoxy) is 1. The summed E-state index contributed by atoms with van der Waals surface area (Å²) in [4.78, 5) is 53.6. The fraction of sp³-hybridized carbons (Fsp3) is 0.381. The van der Waals surface area contributed by atoms with E-state index in [1.165, 1.54) is 17.0 Å². The Kier molecular flexibility index (Phi) is 10.8. The second kappa shape index (κ2) is 16.0. The Morgan fingerprint density at radius 2 is 1.78 bits per heavy atom. The fourth-order valence-corrected chi connectivity index (χ4v) is 7.57. The Morgan fingerprint density at radius 1 is 1.03 bits per heavy atom. The first-order chi connectivity index (χ1) is 28.3. The van der Waals surface area contributed by atoms with Gasteiger partial charge < -0.3 is 15.4 Å². The topological polar surface area (TPSA) is 162 Å². The number of halogens is 3. The fourth-order valence-electron chi connectivity index (χ4n) is 7.37. The number of hydrogen-bond donors (Lipinski definition) is 2. The van der Waals surface area contributed by atoms with E-state index in [0.29, 0.717) is 22.9 Å². The number of carbonyl (C=O) groups is 3. The maximum Gasteiger partial charge on any atom is 0.437 e. The number of amides is 3. The van der Waals surface area contributed by atoms with Crippen molar-refractivity contribution in [2.45, 2.75) is 83.5 Å². The third kappa shape index (κ3) is 8.58. The van der Waals surface area contributed by atoms with Gasteiger partial charge in [0, 0.05) is 18.0 Å². The molecule has 0 spiro atoms. The van der Waals surface area contributed by atoms with Gasteiger partial charge >= 0.3 is 6.09 Å². The minimum atomic E-state index is -2.97. The van der Waals surface area contributed by atoms with Crippen molar-refractivity contribution in [3.63, 3.8) is 0 Å². The van der Waals surface area contributed by atoms with Crippen molar-refractivity contribution in [2.24, 2.45) is 16.3 Å².